The second kappa shape index (κ2) is 6.37. The molecule has 19 heavy (non-hydrogen) atoms. The highest BCUT2D eigenvalue weighted by atomic mass is 16.2. The van der Waals surface area contributed by atoms with Gasteiger partial charge in [0.05, 0.1) is 5.92 Å². The van der Waals surface area contributed by atoms with Crippen LogP contribution < -0.4 is 5.32 Å². The molecule has 2 fully saturated rings. The Morgan fingerprint density at radius 3 is 2.37 bits per heavy atom. The van der Waals surface area contributed by atoms with E-state index in [4.69, 9.17) is 0 Å². The fourth-order valence-corrected chi connectivity index (χ4v) is 3.12. The Morgan fingerprint density at radius 1 is 1.16 bits per heavy atom. The third-order valence-corrected chi connectivity index (χ3v) is 4.42. The Hall–Kier alpha value is -1.10. The van der Waals surface area contributed by atoms with Crippen LogP contribution in [0.3, 0.4) is 0 Å². The minimum Gasteiger partial charge on any atom is -0.359 e. The predicted molar refractivity (Wildman–Crippen MR) is 73.6 cm³/mol. The zero-order valence-corrected chi connectivity index (χ0v) is 12.0. The van der Waals surface area contributed by atoms with Gasteiger partial charge in [0, 0.05) is 33.1 Å². The molecule has 2 saturated heterocycles. The second-order valence-electron chi connectivity index (χ2n) is 5.89. The summed E-state index contributed by atoms with van der Waals surface area (Å²) in [5.41, 5.74) is 0. The van der Waals surface area contributed by atoms with Crippen molar-refractivity contribution in [2.75, 3.05) is 40.3 Å². The Labute approximate surface area is 115 Å². The van der Waals surface area contributed by atoms with Crippen molar-refractivity contribution in [2.24, 2.45) is 11.8 Å². The summed E-state index contributed by atoms with van der Waals surface area (Å²) in [5.74, 6) is 1.07. The quantitative estimate of drug-likeness (QED) is 0.801. The van der Waals surface area contributed by atoms with Crippen molar-refractivity contribution in [1.29, 1.82) is 0 Å². The molecule has 5 nitrogen and oxygen atoms in total. The summed E-state index contributed by atoms with van der Waals surface area (Å²) in [6, 6.07) is 0. The van der Waals surface area contributed by atoms with E-state index < -0.39 is 0 Å². The Kier molecular flexibility index (Phi) is 4.80. The smallest absolute Gasteiger partial charge is 0.227 e. The van der Waals surface area contributed by atoms with E-state index in [-0.39, 0.29) is 11.8 Å². The standard InChI is InChI=1S/C14H25N3O2/c1-15-13(18)9-11-3-7-17(8-4-11)14(19)12-5-6-16(2)10-12/h11-12H,3-10H2,1-2H3,(H,15,18). The molecule has 0 aromatic carbocycles. The van der Waals surface area contributed by atoms with Crippen LogP contribution >= 0.6 is 0 Å². The first-order valence-corrected chi connectivity index (χ1v) is 7.28. The maximum atomic E-state index is 12.4. The lowest BCUT2D eigenvalue weighted by atomic mass is 9.92. The molecule has 2 rings (SSSR count). The van der Waals surface area contributed by atoms with E-state index in [1.807, 2.05) is 4.90 Å². The van der Waals surface area contributed by atoms with Gasteiger partial charge in [0.2, 0.25) is 11.8 Å². The molecule has 1 unspecified atom stereocenters. The lowest BCUT2D eigenvalue weighted by Gasteiger charge is -2.33. The summed E-state index contributed by atoms with van der Waals surface area (Å²) in [4.78, 5) is 27.9. The predicted octanol–water partition coefficient (Wildman–Crippen LogP) is 0.313. The molecule has 5 heteroatoms. The van der Waals surface area contributed by atoms with E-state index in [9.17, 15) is 9.59 Å². The van der Waals surface area contributed by atoms with Crippen LogP contribution in [0.2, 0.25) is 0 Å². The third-order valence-electron chi connectivity index (χ3n) is 4.42. The zero-order chi connectivity index (χ0) is 13.8. The van der Waals surface area contributed by atoms with E-state index in [2.05, 4.69) is 17.3 Å². The van der Waals surface area contributed by atoms with Gasteiger partial charge in [-0.2, -0.15) is 0 Å². The van der Waals surface area contributed by atoms with Crippen LogP contribution in [-0.4, -0.2) is 61.9 Å². The van der Waals surface area contributed by atoms with Crippen LogP contribution in [0.25, 0.3) is 0 Å². The number of hydrogen-bond donors (Lipinski definition) is 1. The van der Waals surface area contributed by atoms with Crippen LogP contribution in [0.5, 0.6) is 0 Å². The number of hydrogen-bond acceptors (Lipinski definition) is 3. The summed E-state index contributed by atoms with van der Waals surface area (Å²) in [7, 11) is 3.75. The Morgan fingerprint density at radius 2 is 1.84 bits per heavy atom. The number of nitrogens with zero attached hydrogens (tertiary/aromatic N) is 2. The number of likely N-dealkylation sites (tertiary alicyclic amines) is 2. The van der Waals surface area contributed by atoms with Crippen molar-refractivity contribution in [1.82, 2.24) is 15.1 Å². The molecule has 0 aromatic heterocycles. The van der Waals surface area contributed by atoms with Crippen molar-refractivity contribution in [3.63, 3.8) is 0 Å². The summed E-state index contributed by atoms with van der Waals surface area (Å²) in [5, 5.41) is 2.67. The van der Waals surface area contributed by atoms with E-state index in [1.54, 1.807) is 7.05 Å². The van der Waals surface area contributed by atoms with Gasteiger partial charge in [0.1, 0.15) is 0 Å². The molecular formula is C14H25N3O2. The SMILES string of the molecule is CNC(=O)CC1CCN(C(=O)C2CCN(C)C2)CC1. The number of amides is 2. The minimum atomic E-state index is 0.113. The molecule has 2 aliphatic rings. The van der Waals surface area contributed by atoms with Crippen LogP contribution in [0.15, 0.2) is 0 Å². The molecule has 2 aliphatic heterocycles. The molecule has 0 aromatic rings. The van der Waals surface area contributed by atoms with Gasteiger partial charge in [0.15, 0.2) is 0 Å². The molecule has 0 aliphatic carbocycles. The van der Waals surface area contributed by atoms with Gasteiger partial charge in [-0.1, -0.05) is 0 Å². The van der Waals surface area contributed by atoms with E-state index in [0.717, 1.165) is 45.4 Å². The molecule has 0 bridgehead atoms. The first-order chi connectivity index (χ1) is 9.10. The maximum Gasteiger partial charge on any atom is 0.227 e. The number of carbonyl (C=O) groups excluding carboxylic acids is 2. The third kappa shape index (κ3) is 3.69. The fourth-order valence-electron chi connectivity index (χ4n) is 3.12. The van der Waals surface area contributed by atoms with Crippen LogP contribution in [0.1, 0.15) is 25.7 Å². The first-order valence-electron chi connectivity index (χ1n) is 7.28. The maximum absolute atomic E-state index is 12.4. The summed E-state index contributed by atoms with van der Waals surface area (Å²) in [6.45, 7) is 3.57. The molecule has 2 amide bonds. The average molecular weight is 267 g/mol. The first kappa shape index (κ1) is 14.3. The van der Waals surface area contributed by atoms with Gasteiger partial charge in [0.25, 0.3) is 0 Å². The number of piperidine rings is 1. The Balaban J connectivity index is 1.76. The van der Waals surface area contributed by atoms with Crippen molar-refractivity contribution in [3.8, 4) is 0 Å². The topological polar surface area (TPSA) is 52.7 Å². The van der Waals surface area contributed by atoms with Gasteiger partial charge in [-0.15, -0.1) is 0 Å². The average Bonchev–Trinajstić information content (AvgIpc) is 2.85. The molecule has 108 valence electrons. The summed E-state index contributed by atoms with van der Waals surface area (Å²) >= 11 is 0. The second-order valence-corrected chi connectivity index (χ2v) is 5.89. The van der Waals surface area contributed by atoms with Gasteiger partial charge in [-0.3, -0.25) is 9.59 Å². The number of rotatable bonds is 3. The number of nitrogens with one attached hydrogen (secondary N) is 1. The van der Waals surface area contributed by atoms with Crippen molar-refractivity contribution in [3.05, 3.63) is 0 Å². The molecule has 1 atom stereocenters. The van der Waals surface area contributed by atoms with E-state index in [0.29, 0.717) is 18.2 Å². The molecule has 0 radical (unpaired) electrons. The normalized spacial score (nSPS) is 25.6. The summed E-state index contributed by atoms with van der Waals surface area (Å²) in [6.07, 6.45) is 3.52. The monoisotopic (exact) mass is 267 g/mol. The highest BCUT2D eigenvalue weighted by Gasteiger charge is 2.32. The molecule has 0 saturated carbocycles. The van der Waals surface area contributed by atoms with E-state index >= 15 is 0 Å². The van der Waals surface area contributed by atoms with Crippen molar-refractivity contribution in [2.45, 2.75) is 25.7 Å². The van der Waals surface area contributed by atoms with Gasteiger partial charge in [-0.05, 0) is 38.8 Å². The van der Waals surface area contributed by atoms with Gasteiger partial charge in [-0.25, -0.2) is 0 Å². The van der Waals surface area contributed by atoms with Gasteiger partial charge < -0.3 is 15.1 Å². The van der Waals surface area contributed by atoms with Gasteiger partial charge >= 0.3 is 0 Å². The van der Waals surface area contributed by atoms with Crippen LogP contribution in [0.4, 0.5) is 0 Å². The fraction of sp³-hybridized carbons (Fsp3) is 0.857. The molecule has 2 heterocycles. The van der Waals surface area contributed by atoms with Crippen molar-refractivity contribution < 1.29 is 9.59 Å². The minimum absolute atomic E-state index is 0.113. The van der Waals surface area contributed by atoms with Crippen LogP contribution in [-0.2, 0) is 9.59 Å². The van der Waals surface area contributed by atoms with Crippen LogP contribution in [0, 0.1) is 11.8 Å². The summed E-state index contributed by atoms with van der Waals surface area (Å²) < 4.78 is 0. The van der Waals surface area contributed by atoms with Crippen molar-refractivity contribution >= 4 is 11.8 Å². The van der Waals surface area contributed by atoms with E-state index in [1.165, 1.54) is 0 Å². The highest BCUT2D eigenvalue weighted by Crippen LogP contribution is 2.24. The Bertz CT molecular complexity index is 338. The largest absolute Gasteiger partial charge is 0.359 e. The highest BCUT2D eigenvalue weighted by molar-refractivity contribution is 5.79. The lowest BCUT2D eigenvalue weighted by Crippen LogP contribution is -2.43. The molecular weight excluding hydrogens is 242 g/mol. The molecule has 1 N–H and O–H groups in total. The number of carbonyl (C=O) groups is 2. The lowest BCUT2D eigenvalue weighted by molar-refractivity contribution is -0.136. The molecule has 0 spiro atoms. The zero-order valence-electron chi connectivity index (χ0n) is 12.0.